The number of aliphatic hydroxyl groups is 1. The zero-order chi connectivity index (χ0) is 14.4. The first-order valence-electron chi connectivity index (χ1n) is 6.58. The fraction of sp³-hybridized carbons (Fsp3) is 0.533. The Balaban J connectivity index is 2.43. The van der Waals surface area contributed by atoms with Crippen molar-refractivity contribution in [2.75, 3.05) is 6.54 Å². The summed E-state index contributed by atoms with van der Waals surface area (Å²) in [5, 5.41) is 12.2. The number of hydrogen-bond acceptors (Lipinski definition) is 2. The van der Waals surface area contributed by atoms with E-state index in [4.69, 9.17) is 0 Å². The Morgan fingerprint density at radius 2 is 2.11 bits per heavy atom. The molecular formula is C15H22BrNO2. The molecule has 0 aliphatic heterocycles. The summed E-state index contributed by atoms with van der Waals surface area (Å²) in [6.07, 6.45) is 0.790. The van der Waals surface area contributed by atoms with Gasteiger partial charge >= 0.3 is 0 Å². The third-order valence-corrected chi connectivity index (χ3v) is 3.54. The van der Waals surface area contributed by atoms with Crippen LogP contribution in [-0.2, 0) is 11.2 Å². The summed E-state index contributed by atoms with van der Waals surface area (Å²) in [5.74, 6) is 0.317. The van der Waals surface area contributed by atoms with Crippen LogP contribution < -0.4 is 5.32 Å². The van der Waals surface area contributed by atoms with Gasteiger partial charge in [-0.25, -0.2) is 0 Å². The Kier molecular flexibility index (Phi) is 6.52. The molecule has 0 bridgehead atoms. The molecule has 0 heterocycles. The van der Waals surface area contributed by atoms with Gasteiger partial charge in [0, 0.05) is 11.0 Å². The Morgan fingerprint density at radius 3 is 2.68 bits per heavy atom. The van der Waals surface area contributed by atoms with E-state index < -0.39 is 0 Å². The number of aryl methyl sites for hydroxylation is 1. The van der Waals surface area contributed by atoms with Crippen molar-refractivity contribution in [1.82, 2.24) is 5.32 Å². The van der Waals surface area contributed by atoms with E-state index in [1.807, 2.05) is 32.0 Å². The van der Waals surface area contributed by atoms with Gasteiger partial charge in [-0.1, -0.05) is 28.9 Å². The van der Waals surface area contributed by atoms with Gasteiger partial charge in [0.25, 0.3) is 0 Å². The van der Waals surface area contributed by atoms with E-state index in [9.17, 15) is 9.90 Å². The van der Waals surface area contributed by atoms with Gasteiger partial charge in [-0.05, 0) is 49.4 Å². The zero-order valence-corrected chi connectivity index (χ0v) is 13.3. The molecule has 2 N–H and O–H groups in total. The van der Waals surface area contributed by atoms with Gasteiger partial charge in [-0.2, -0.15) is 0 Å². The van der Waals surface area contributed by atoms with Crippen molar-refractivity contribution in [1.29, 1.82) is 0 Å². The fourth-order valence-corrected chi connectivity index (χ4v) is 2.52. The molecule has 2 atom stereocenters. The number of aliphatic hydroxyl groups excluding tert-OH is 1. The van der Waals surface area contributed by atoms with Crippen LogP contribution in [0.3, 0.4) is 0 Å². The lowest BCUT2D eigenvalue weighted by Gasteiger charge is -2.14. The summed E-state index contributed by atoms with van der Waals surface area (Å²) in [6.45, 7) is 6.41. The normalized spacial score (nSPS) is 13.9. The monoisotopic (exact) mass is 327 g/mol. The summed E-state index contributed by atoms with van der Waals surface area (Å²) < 4.78 is 1.03. The van der Waals surface area contributed by atoms with E-state index in [-0.39, 0.29) is 17.9 Å². The minimum atomic E-state index is -0.319. The van der Waals surface area contributed by atoms with Gasteiger partial charge < -0.3 is 10.4 Å². The minimum absolute atomic E-state index is 0.0304. The van der Waals surface area contributed by atoms with Crippen LogP contribution in [0, 0.1) is 12.8 Å². The largest absolute Gasteiger partial charge is 0.393 e. The highest BCUT2D eigenvalue weighted by molar-refractivity contribution is 9.10. The van der Waals surface area contributed by atoms with Gasteiger partial charge in [0.05, 0.1) is 12.5 Å². The van der Waals surface area contributed by atoms with Crippen LogP contribution in [0.4, 0.5) is 0 Å². The Morgan fingerprint density at radius 1 is 1.42 bits per heavy atom. The molecule has 4 heteroatoms. The van der Waals surface area contributed by atoms with Crippen LogP contribution in [-0.4, -0.2) is 23.7 Å². The highest BCUT2D eigenvalue weighted by Gasteiger charge is 2.10. The molecule has 1 aromatic rings. The summed E-state index contributed by atoms with van der Waals surface area (Å²) >= 11 is 3.41. The first-order chi connectivity index (χ1) is 8.88. The molecule has 1 rings (SSSR count). The van der Waals surface area contributed by atoms with Gasteiger partial charge in [-0.15, -0.1) is 0 Å². The number of carbonyl (C=O) groups excluding carboxylic acids is 1. The minimum Gasteiger partial charge on any atom is -0.393 e. The topological polar surface area (TPSA) is 49.3 Å². The Hall–Kier alpha value is -0.870. The maximum atomic E-state index is 11.9. The molecular weight excluding hydrogens is 306 g/mol. The second-order valence-corrected chi connectivity index (χ2v) is 6.16. The van der Waals surface area contributed by atoms with Crippen LogP contribution in [0.2, 0.25) is 0 Å². The van der Waals surface area contributed by atoms with Crippen molar-refractivity contribution in [2.45, 2.75) is 39.7 Å². The van der Waals surface area contributed by atoms with E-state index in [1.54, 1.807) is 6.92 Å². The number of benzene rings is 1. The molecule has 19 heavy (non-hydrogen) atoms. The molecule has 0 radical (unpaired) electrons. The maximum absolute atomic E-state index is 11.9. The van der Waals surface area contributed by atoms with Gasteiger partial charge in [-0.3, -0.25) is 4.79 Å². The molecule has 0 aliphatic rings. The molecule has 0 aliphatic carbocycles. The first-order valence-corrected chi connectivity index (χ1v) is 7.37. The summed E-state index contributed by atoms with van der Waals surface area (Å²) in [6, 6.07) is 5.93. The van der Waals surface area contributed by atoms with Crippen LogP contribution in [0.25, 0.3) is 0 Å². The predicted molar refractivity (Wildman–Crippen MR) is 81.1 cm³/mol. The van der Waals surface area contributed by atoms with Crippen molar-refractivity contribution >= 4 is 21.8 Å². The molecule has 106 valence electrons. The van der Waals surface area contributed by atoms with Crippen molar-refractivity contribution in [2.24, 2.45) is 5.92 Å². The van der Waals surface area contributed by atoms with E-state index in [0.29, 0.717) is 19.4 Å². The lowest BCUT2D eigenvalue weighted by Crippen LogP contribution is -2.30. The highest BCUT2D eigenvalue weighted by atomic mass is 79.9. The smallest absolute Gasteiger partial charge is 0.224 e. The van der Waals surface area contributed by atoms with Gasteiger partial charge in [0.15, 0.2) is 0 Å². The number of nitrogens with one attached hydrogen (secondary N) is 1. The number of halogens is 1. The number of rotatable bonds is 6. The number of carbonyl (C=O) groups is 1. The van der Waals surface area contributed by atoms with E-state index in [2.05, 4.69) is 21.2 Å². The third kappa shape index (κ3) is 6.21. The second kappa shape index (κ2) is 7.65. The molecule has 1 amide bonds. The average Bonchev–Trinajstić information content (AvgIpc) is 2.29. The second-order valence-electron chi connectivity index (χ2n) is 5.24. The van der Waals surface area contributed by atoms with Gasteiger partial charge in [0.2, 0.25) is 5.91 Å². The molecule has 0 fully saturated rings. The zero-order valence-electron chi connectivity index (χ0n) is 11.7. The summed E-state index contributed by atoms with van der Waals surface area (Å²) in [4.78, 5) is 11.9. The van der Waals surface area contributed by atoms with Crippen LogP contribution in [0.5, 0.6) is 0 Å². The third-order valence-electron chi connectivity index (χ3n) is 3.05. The van der Waals surface area contributed by atoms with E-state index in [1.165, 1.54) is 0 Å². The van der Waals surface area contributed by atoms with Crippen molar-refractivity contribution in [3.05, 3.63) is 33.8 Å². The Bertz CT molecular complexity index is 432. The Labute approximate surface area is 123 Å². The standard InChI is InChI=1S/C15H22BrNO2/c1-10(6-12(3)18)9-17-15(19)8-13-4-5-14(16)7-11(13)2/h4-5,7,10,12,18H,6,8-9H2,1-3H3,(H,17,19)/t10-,12-/m0/s1. The summed E-state index contributed by atoms with van der Waals surface area (Å²) in [5.41, 5.74) is 2.16. The molecule has 3 nitrogen and oxygen atoms in total. The molecule has 0 unspecified atom stereocenters. The quantitative estimate of drug-likeness (QED) is 0.844. The molecule has 0 aromatic heterocycles. The highest BCUT2D eigenvalue weighted by Crippen LogP contribution is 2.16. The van der Waals surface area contributed by atoms with Crippen molar-refractivity contribution in [3.8, 4) is 0 Å². The van der Waals surface area contributed by atoms with Crippen molar-refractivity contribution in [3.63, 3.8) is 0 Å². The first kappa shape index (κ1) is 16.2. The van der Waals surface area contributed by atoms with Crippen molar-refractivity contribution < 1.29 is 9.90 Å². The molecule has 0 saturated heterocycles. The molecule has 0 saturated carbocycles. The van der Waals surface area contributed by atoms with Gasteiger partial charge in [0.1, 0.15) is 0 Å². The van der Waals surface area contributed by atoms with E-state index in [0.717, 1.165) is 15.6 Å². The van der Waals surface area contributed by atoms with E-state index >= 15 is 0 Å². The summed E-state index contributed by atoms with van der Waals surface area (Å²) in [7, 11) is 0. The predicted octanol–water partition coefficient (Wildman–Crippen LogP) is 2.82. The maximum Gasteiger partial charge on any atom is 0.224 e. The lowest BCUT2D eigenvalue weighted by molar-refractivity contribution is -0.120. The molecule has 0 spiro atoms. The lowest BCUT2D eigenvalue weighted by atomic mass is 10.0. The molecule has 1 aromatic carbocycles. The van der Waals surface area contributed by atoms with Crippen LogP contribution in [0.15, 0.2) is 22.7 Å². The fourth-order valence-electron chi connectivity index (χ4n) is 2.05. The average molecular weight is 328 g/mol. The number of hydrogen-bond donors (Lipinski definition) is 2. The SMILES string of the molecule is Cc1cc(Br)ccc1CC(=O)NC[C@@H](C)C[C@H](C)O. The number of amides is 1. The van der Waals surface area contributed by atoms with Crippen LogP contribution in [0.1, 0.15) is 31.4 Å². The van der Waals surface area contributed by atoms with Crippen LogP contribution >= 0.6 is 15.9 Å².